The molecule has 0 aliphatic carbocycles. The van der Waals surface area contributed by atoms with Crippen molar-refractivity contribution in [3.8, 4) is 11.3 Å². The molecular formula is C31H26N4OS2. The van der Waals surface area contributed by atoms with Gasteiger partial charge in [0.05, 0.1) is 0 Å². The highest BCUT2D eigenvalue weighted by molar-refractivity contribution is 7.99. The second kappa shape index (κ2) is 9.82. The molecule has 3 aromatic heterocycles. The number of fused-ring (bicyclic) bond motifs is 4. The Labute approximate surface area is 229 Å². The van der Waals surface area contributed by atoms with Crippen molar-refractivity contribution in [1.82, 2.24) is 14.7 Å². The summed E-state index contributed by atoms with van der Waals surface area (Å²) in [7, 11) is 0. The van der Waals surface area contributed by atoms with Crippen molar-refractivity contribution in [2.75, 3.05) is 29.5 Å². The molecule has 6 aromatic rings. The smallest absolute Gasteiger partial charge is 0.270 e. The summed E-state index contributed by atoms with van der Waals surface area (Å²) in [5.74, 6) is 2.22. The van der Waals surface area contributed by atoms with Crippen molar-refractivity contribution in [1.29, 1.82) is 0 Å². The number of carbonyl (C=O) groups excluding carboxylic acids is 1. The average molecular weight is 535 g/mol. The second-order valence-corrected chi connectivity index (χ2v) is 11.8. The second-order valence-electron chi connectivity index (χ2n) is 9.50. The van der Waals surface area contributed by atoms with Gasteiger partial charge >= 0.3 is 0 Å². The van der Waals surface area contributed by atoms with Gasteiger partial charge in [-0.05, 0) is 48.0 Å². The zero-order chi connectivity index (χ0) is 25.5. The van der Waals surface area contributed by atoms with Gasteiger partial charge in [0.1, 0.15) is 17.0 Å². The number of nitrogens with zero attached hydrogens (tertiary/aromatic N) is 3. The Morgan fingerprint density at radius 3 is 2.53 bits per heavy atom. The van der Waals surface area contributed by atoms with Crippen LogP contribution >= 0.6 is 23.1 Å². The number of hydrogen-bond acceptors (Lipinski definition) is 5. The van der Waals surface area contributed by atoms with Crippen LogP contribution in [-0.2, 0) is 6.54 Å². The summed E-state index contributed by atoms with van der Waals surface area (Å²) >= 11 is 3.80. The molecule has 0 atom stereocenters. The van der Waals surface area contributed by atoms with E-state index in [0.717, 1.165) is 29.9 Å². The lowest BCUT2D eigenvalue weighted by atomic mass is 10.1. The van der Waals surface area contributed by atoms with Crippen LogP contribution in [0.2, 0.25) is 0 Å². The fraction of sp³-hybridized carbons (Fsp3) is 0.161. The van der Waals surface area contributed by atoms with E-state index in [0.29, 0.717) is 17.9 Å². The molecular weight excluding hydrogens is 509 g/mol. The highest BCUT2D eigenvalue weighted by atomic mass is 32.2. The van der Waals surface area contributed by atoms with E-state index in [2.05, 4.69) is 76.9 Å². The summed E-state index contributed by atoms with van der Waals surface area (Å²) in [5.41, 5.74) is 5.29. The van der Waals surface area contributed by atoms with Crippen LogP contribution in [0.1, 0.15) is 16.1 Å². The molecule has 1 fully saturated rings. The Kier molecular flexibility index (Phi) is 6.02. The van der Waals surface area contributed by atoms with E-state index in [1.54, 1.807) is 11.3 Å². The molecule has 0 radical (unpaired) electrons. The molecule has 0 saturated carbocycles. The van der Waals surface area contributed by atoms with Crippen molar-refractivity contribution in [3.05, 3.63) is 102 Å². The monoisotopic (exact) mass is 534 g/mol. The summed E-state index contributed by atoms with van der Waals surface area (Å²) in [6, 6.07) is 29.2. The minimum Gasteiger partial charge on any atom is -0.370 e. The topological polar surface area (TPSA) is 49.6 Å². The molecule has 1 aliphatic heterocycles. The van der Waals surface area contributed by atoms with Crippen LogP contribution in [0, 0.1) is 0 Å². The predicted molar refractivity (Wildman–Crippen MR) is 161 cm³/mol. The molecule has 1 N–H and O–H groups in total. The van der Waals surface area contributed by atoms with Crippen molar-refractivity contribution >= 4 is 60.5 Å². The first-order valence-electron chi connectivity index (χ1n) is 12.8. The summed E-state index contributed by atoms with van der Waals surface area (Å²) < 4.78 is 4.38. The third kappa shape index (κ3) is 4.22. The maximum absolute atomic E-state index is 13.6. The van der Waals surface area contributed by atoms with E-state index >= 15 is 0 Å². The molecule has 0 unspecified atom stereocenters. The maximum Gasteiger partial charge on any atom is 0.270 e. The van der Waals surface area contributed by atoms with Gasteiger partial charge in [-0.25, -0.2) is 4.98 Å². The molecule has 0 bridgehead atoms. The van der Waals surface area contributed by atoms with Crippen molar-refractivity contribution < 1.29 is 4.79 Å². The number of anilines is 1. The van der Waals surface area contributed by atoms with Gasteiger partial charge in [-0.3, -0.25) is 9.20 Å². The first kappa shape index (κ1) is 23.3. The number of thiophene rings is 1. The molecule has 3 aromatic carbocycles. The number of benzene rings is 3. The number of pyridine rings is 1. The van der Waals surface area contributed by atoms with Crippen LogP contribution in [-0.4, -0.2) is 39.9 Å². The number of hydrogen-bond donors (Lipinski definition) is 1. The number of carbonyl (C=O) groups is 1. The number of thioether (sulfide) groups is 1. The molecule has 7 rings (SSSR count). The van der Waals surface area contributed by atoms with Crippen LogP contribution in [0.25, 0.3) is 37.1 Å². The maximum atomic E-state index is 13.6. The zero-order valence-electron chi connectivity index (χ0n) is 20.8. The number of imidazole rings is 1. The molecule has 1 aliphatic rings. The van der Waals surface area contributed by atoms with Gasteiger partial charge in [-0.1, -0.05) is 42.5 Å². The fourth-order valence-corrected chi connectivity index (χ4v) is 7.19. The largest absolute Gasteiger partial charge is 0.370 e. The van der Waals surface area contributed by atoms with Crippen molar-refractivity contribution in [2.45, 2.75) is 6.54 Å². The van der Waals surface area contributed by atoms with Gasteiger partial charge in [-0.15, -0.1) is 11.3 Å². The Morgan fingerprint density at radius 1 is 0.868 bits per heavy atom. The zero-order valence-corrected chi connectivity index (χ0v) is 22.4. The quantitative estimate of drug-likeness (QED) is 0.263. The first-order chi connectivity index (χ1) is 18.7. The highest BCUT2D eigenvalue weighted by Crippen LogP contribution is 2.37. The molecule has 0 spiro atoms. The molecule has 188 valence electrons. The number of nitrogens with one attached hydrogen (secondary N) is 1. The van der Waals surface area contributed by atoms with Crippen LogP contribution in [0.5, 0.6) is 0 Å². The minimum atomic E-state index is -0.133. The van der Waals surface area contributed by atoms with Gasteiger partial charge in [0.25, 0.3) is 5.91 Å². The number of rotatable bonds is 5. The third-order valence-corrected chi connectivity index (χ3v) is 9.26. The molecule has 1 amide bonds. The lowest BCUT2D eigenvalue weighted by Gasteiger charge is -2.28. The van der Waals surface area contributed by atoms with Gasteiger partial charge in [0.2, 0.25) is 0 Å². The third-order valence-electron chi connectivity index (χ3n) is 7.16. The first-order valence-corrected chi connectivity index (χ1v) is 14.8. The highest BCUT2D eigenvalue weighted by Gasteiger charge is 2.21. The van der Waals surface area contributed by atoms with E-state index in [1.165, 1.54) is 37.4 Å². The lowest BCUT2D eigenvalue weighted by molar-refractivity contribution is 0.0945. The summed E-state index contributed by atoms with van der Waals surface area (Å²) in [5, 5.41) is 5.58. The molecule has 5 nitrogen and oxygen atoms in total. The molecule has 4 heterocycles. The standard InChI is InChI=1S/C31H26N4OS2/c36-31(32-20-21-8-11-23(12-9-21)34-15-17-37-18-16-34)30-29(33-28-7-3-4-14-35(28)30)22-10-13-27-25(19-22)24-5-1-2-6-26(24)38-27/h1-14,19H,15-18,20H2,(H,32,36). The number of amides is 1. The van der Waals surface area contributed by atoms with Crippen molar-refractivity contribution in [2.24, 2.45) is 0 Å². The summed E-state index contributed by atoms with van der Waals surface area (Å²) in [6.45, 7) is 2.64. The van der Waals surface area contributed by atoms with Crippen LogP contribution in [0.15, 0.2) is 91.1 Å². The molecule has 1 saturated heterocycles. The summed E-state index contributed by atoms with van der Waals surface area (Å²) in [4.78, 5) is 21.0. The van der Waals surface area contributed by atoms with E-state index in [-0.39, 0.29) is 5.91 Å². The van der Waals surface area contributed by atoms with Gasteiger partial charge in [0, 0.05) is 68.8 Å². The normalized spacial score (nSPS) is 13.9. The Balaban J connectivity index is 1.20. The Hall–Kier alpha value is -3.81. The van der Waals surface area contributed by atoms with Gasteiger partial charge in [0.15, 0.2) is 0 Å². The van der Waals surface area contributed by atoms with E-state index in [4.69, 9.17) is 4.98 Å². The average Bonchev–Trinajstić information content (AvgIpc) is 3.55. The van der Waals surface area contributed by atoms with Crippen molar-refractivity contribution in [3.63, 3.8) is 0 Å². The molecule has 7 heteroatoms. The fourth-order valence-electron chi connectivity index (χ4n) is 5.20. The Bertz CT molecular complexity index is 1780. The lowest BCUT2D eigenvalue weighted by Crippen LogP contribution is -2.32. The van der Waals surface area contributed by atoms with E-state index in [9.17, 15) is 4.79 Å². The van der Waals surface area contributed by atoms with Gasteiger partial charge in [-0.2, -0.15) is 11.8 Å². The minimum absolute atomic E-state index is 0.133. The van der Waals surface area contributed by atoms with Crippen LogP contribution in [0.4, 0.5) is 5.69 Å². The van der Waals surface area contributed by atoms with Crippen LogP contribution in [0.3, 0.4) is 0 Å². The van der Waals surface area contributed by atoms with Gasteiger partial charge < -0.3 is 10.2 Å². The predicted octanol–water partition coefficient (Wildman–Crippen LogP) is 6.85. The van der Waals surface area contributed by atoms with E-state index < -0.39 is 0 Å². The molecule has 38 heavy (non-hydrogen) atoms. The summed E-state index contributed by atoms with van der Waals surface area (Å²) in [6.07, 6.45) is 1.91. The number of aromatic nitrogens is 2. The SMILES string of the molecule is O=C(NCc1ccc(N2CCSCC2)cc1)c1c(-c2ccc3sc4ccccc4c3c2)nc2ccccn12. The van der Waals surface area contributed by atoms with Crippen LogP contribution < -0.4 is 10.2 Å². The Morgan fingerprint density at radius 2 is 1.66 bits per heavy atom. The van der Waals surface area contributed by atoms with E-state index in [1.807, 2.05) is 40.6 Å².